The second-order valence-corrected chi connectivity index (χ2v) is 6.99. The number of aryl methyl sites for hydroxylation is 2. The smallest absolute Gasteiger partial charge is 0.243 e. The maximum atomic E-state index is 4.58. The van der Waals surface area contributed by atoms with E-state index in [-0.39, 0.29) is 0 Å². The molecule has 1 aliphatic rings. The van der Waals surface area contributed by atoms with Crippen LogP contribution in [0.1, 0.15) is 36.4 Å². The fraction of sp³-hybridized carbons (Fsp3) is 0.550. The van der Waals surface area contributed by atoms with Crippen LogP contribution >= 0.6 is 0 Å². The van der Waals surface area contributed by atoms with Gasteiger partial charge in [-0.05, 0) is 31.0 Å². The van der Waals surface area contributed by atoms with Gasteiger partial charge >= 0.3 is 0 Å². The summed E-state index contributed by atoms with van der Waals surface area (Å²) >= 11 is 0. The summed E-state index contributed by atoms with van der Waals surface area (Å²) in [5.41, 5.74) is 4.63. The molecular formula is C20H30N6. The number of hydrogen-bond acceptors (Lipinski definition) is 6. The van der Waals surface area contributed by atoms with Gasteiger partial charge in [-0.2, -0.15) is 5.10 Å². The first kappa shape index (κ1) is 18.7. The van der Waals surface area contributed by atoms with Crippen molar-refractivity contribution in [2.45, 2.75) is 39.8 Å². The standard InChI is InChI=1S/C20H30N6/c1-4-18-19(5-2)23-24-20(22-18)21-14-16-6-8-17(9-7-16)15-26-12-10-25(3)11-13-26/h6-9H,4-5,10-15H2,1-3H3,(H,21,22,24). The molecule has 6 nitrogen and oxygen atoms in total. The molecule has 1 aromatic carbocycles. The number of hydrogen-bond donors (Lipinski definition) is 1. The van der Waals surface area contributed by atoms with Crippen LogP contribution in [0.3, 0.4) is 0 Å². The Labute approximate surface area is 156 Å². The minimum absolute atomic E-state index is 0.612. The van der Waals surface area contributed by atoms with Gasteiger partial charge in [-0.25, -0.2) is 4.98 Å². The van der Waals surface area contributed by atoms with Crippen molar-refractivity contribution in [2.24, 2.45) is 0 Å². The highest BCUT2D eigenvalue weighted by atomic mass is 15.2. The first-order chi connectivity index (χ1) is 12.7. The summed E-state index contributed by atoms with van der Waals surface area (Å²) in [4.78, 5) is 9.49. The first-order valence-corrected chi connectivity index (χ1v) is 9.63. The highest BCUT2D eigenvalue weighted by Crippen LogP contribution is 2.12. The molecular weight excluding hydrogens is 324 g/mol. The molecule has 1 aromatic heterocycles. The fourth-order valence-corrected chi connectivity index (χ4v) is 3.22. The maximum absolute atomic E-state index is 4.58. The number of nitrogens with zero attached hydrogens (tertiary/aromatic N) is 5. The normalized spacial score (nSPS) is 16.0. The number of aromatic nitrogens is 3. The van der Waals surface area contributed by atoms with Gasteiger partial charge < -0.3 is 10.2 Å². The van der Waals surface area contributed by atoms with Gasteiger partial charge in [0, 0.05) is 39.3 Å². The van der Waals surface area contributed by atoms with Gasteiger partial charge in [-0.15, -0.1) is 5.10 Å². The SMILES string of the molecule is CCc1nnc(NCc2ccc(CN3CCN(C)CC3)cc2)nc1CC. The Morgan fingerprint density at radius 1 is 0.885 bits per heavy atom. The molecule has 0 radical (unpaired) electrons. The van der Waals surface area contributed by atoms with Gasteiger partial charge in [-0.3, -0.25) is 4.90 Å². The number of anilines is 1. The lowest BCUT2D eigenvalue weighted by Crippen LogP contribution is -2.43. The third-order valence-electron chi connectivity index (χ3n) is 4.98. The zero-order chi connectivity index (χ0) is 18.4. The van der Waals surface area contributed by atoms with Crippen molar-refractivity contribution in [3.8, 4) is 0 Å². The lowest BCUT2D eigenvalue weighted by atomic mass is 10.1. The largest absolute Gasteiger partial charge is 0.349 e. The average molecular weight is 355 g/mol. The van der Waals surface area contributed by atoms with Crippen LogP contribution in [0.4, 0.5) is 5.95 Å². The molecule has 2 aromatic rings. The number of likely N-dealkylation sites (N-methyl/N-ethyl adjacent to an activating group) is 1. The number of piperazine rings is 1. The molecule has 0 atom stereocenters. The van der Waals surface area contributed by atoms with Gasteiger partial charge in [0.05, 0.1) is 11.4 Å². The molecule has 0 saturated carbocycles. The topological polar surface area (TPSA) is 57.2 Å². The molecule has 1 saturated heterocycles. The van der Waals surface area contributed by atoms with E-state index < -0.39 is 0 Å². The molecule has 1 fully saturated rings. The minimum atomic E-state index is 0.612. The van der Waals surface area contributed by atoms with Crippen molar-refractivity contribution >= 4 is 5.95 Å². The number of rotatable bonds is 7. The number of benzene rings is 1. The monoisotopic (exact) mass is 354 g/mol. The first-order valence-electron chi connectivity index (χ1n) is 9.63. The van der Waals surface area contributed by atoms with Crippen LogP contribution in [0.2, 0.25) is 0 Å². The van der Waals surface area contributed by atoms with E-state index in [0.717, 1.165) is 57.0 Å². The molecule has 26 heavy (non-hydrogen) atoms. The molecule has 1 aliphatic heterocycles. The van der Waals surface area contributed by atoms with E-state index in [2.05, 4.69) is 75.5 Å². The molecule has 1 N–H and O–H groups in total. The molecule has 3 rings (SSSR count). The van der Waals surface area contributed by atoms with Gasteiger partial charge in [0.2, 0.25) is 5.95 Å². The van der Waals surface area contributed by atoms with E-state index in [1.807, 2.05) is 0 Å². The Kier molecular flexibility index (Phi) is 6.52. The van der Waals surface area contributed by atoms with Crippen molar-refractivity contribution in [1.29, 1.82) is 0 Å². The molecule has 0 spiro atoms. The summed E-state index contributed by atoms with van der Waals surface area (Å²) < 4.78 is 0. The zero-order valence-corrected chi connectivity index (χ0v) is 16.2. The van der Waals surface area contributed by atoms with Crippen molar-refractivity contribution in [3.05, 3.63) is 46.8 Å². The Morgan fingerprint density at radius 2 is 1.54 bits per heavy atom. The molecule has 6 heteroatoms. The predicted molar refractivity (Wildman–Crippen MR) is 105 cm³/mol. The van der Waals surface area contributed by atoms with Crippen LogP contribution in [0.15, 0.2) is 24.3 Å². The lowest BCUT2D eigenvalue weighted by molar-refractivity contribution is 0.148. The molecule has 140 valence electrons. The van der Waals surface area contributed by atoms with Crippen LogP contribution in [-0.4, -0.2) is 58.2 Å². The van der Waals surface area contributed by atoms with Crippen LogP contribution in [-0.2, 0) is 25.9 Å². The summed E-state index contributed by atoms with van der Waals surface area (Å²) in [7, 11) is 2.19. The minimum Gasteiger partial charge on any atom is -0.349 e. The van der Waals surface area contributed by atoms with Crippen LogP contribution in [0.25, 0.3) is 0 Å². The quantitative estimate of drug-likeness (QED) is 0.824. The van der Waals surface area contributed by atoms with E-state index in [9.17, 15) is 0 Å². The second kappa shape index (κ2) is 9.05. The third-order valence-corrected chi connectivity index (χ3v) is 4.98. The highest BCUT2D eigenvalue weighted by Gasteiger charge is 2.13. The lowest BCUT2D eigenvalue weighted by Gasteiger charge is -2.32. The summed E-state index contributed by atoms with van der Waals surface area (Å²) in [6, 6.07) is 8.83. The van der Waals surface area contributed by atoms with Crippen molar-refractivity contribution in [2.75, 3.05) is 38.5 Å². The Hall–Kier alpha value is -2.05. The van der Waals surface area contributed by atoms with E-state index in [1.165, 1.54) is 11.1 Å². The van der Waals surface area contributed by atoms with E-state index >= 15 is 0 Å². The molecule has 0 amide bonds. The summed E-state index contributed by atoms with van der Waals surface area (Å²) in [5, 5.41) is 11.8. The van der Waals surface area contributed by atoms with Crippen LogP contribution < -0.4 is 5.32 Å². The summed E-state index contributed by atoms with van der Waals surface area (Å²) in [6.45, 7) is 10.6. The zero-order valence-electron chi connectivity index (χ0n) is 16.2. The molecule has 0 aliphatic carbocycles. The number of nitrogens with one attached hydrogen (secondary N) is 1. The Morgan fingerprint density at radius 3 is 2.19 bits per heavy atom. The average Bonchev–Trinajstić information content (AvgIpc) is 2.69. The fourth-order valence-electron chi connectivity index (χ4n) is 3.22. The van der Waals surface area contributed by atoms with Crippen LogP contribution in [0.5, 0.6) is 0 Å². The Bertz CT molecular complexity index is 692. The highest BCUT2D eigenvalue weighted by molar-refractivity contribution is 5.30. The molecule has 2 heterocycles. The Balaban J connectivity index is 1.53. The van der Waals surface area contributed by atoms with Crippen molar-refractivity contribution in [3.63, 3.8) is 0 Å². The summed E-state index contributed by atoms with van der Waals surface area (Å²) in [6.07, 6.45) is 1.76. The van der Waals surface area contributed by atoms with E-state index in [0.29, 0.717) is 12.5 Å². The maximum Gasteiger partial charge on any atom is 0.243 e. The van der Waals surface area contributed by atoms with E-state index in [1.54, 1.807) is 0 Å². The van der Waals surface area contributed by atoms with Crippen LogP contribution in [0, 0.1) is 0 Å². The second-order valence-electron chi connectivity index (χ2n) is 6.99. The van der Waals surface area contributed by atoms with E-state index in [4.69, 9.17) is 0 Å². The van der Waals surface area contributed by atoms with Gasteiger partial charge in [0.15, 0.2) is 0 Å². The molecule has 0 unspecified atom stereocenters. The summed E-state index contributed by atoms with van der Waals surface area (Å²) in [5.74, 6) is 0.612. The predicted octanol–water partition coefficient (Wildman–Crippen LogP) is 2.36. The van der Waals surface area contributed by atoms with Gasteiger partial charge in [0.1, 0.15) is 0 Å². The van der Waals surface area contributed by atoms with Gasteiger partial charge in [0.25, 0.3) is 0 Å². The van der Waals surface area contributed by atoms with Gasteiger partial charge in [-0.1, -0.05) is 38.1 Å². The van der Waals surface area contributed by atoms with Crippen molar-refractivity contribution < 1.29 is 0 Å². The third kappa shape index (κ3) is 4.99. The molecule has 0 bridgehead atoms. The van der Waals surface area contributed by atoms with Crippen molar-refractivity contribution in [1.82, 2.24) is 25.0 Å².